The molecule has 2 nitrogen and oxygen atoms in total. The first-order valence-corrected chi connectivity index (χ1v) is 7.15. The second kappa shape index (κ2) is 5.50. The van der Waals surface area contributed by atoms with Gasteiger partial charge in [-0.1, -0.05) is 20.3 Å². The van der Waals surface area contributed by atoms with Crippen LogP contribution in [0.3, 0.4) is 0 Å². The summed E-state index contributed by atoms with van der Waals surface area (Å²) >= 11 is 0. The zero-order chi connectivity index (χ0) is 11.4. The molecule has 1 unspecified atom stereocenters. The van der Waals surface area contributed by atoms with Crippen LogP contribution in [0.15, 0.2) is 0 Å². The topological polar surface area (TPSA) is 15.3 Å². The average Bonchev–Trinajstić information content (AvgIpc) is 2.22. The van der Waals surface area contributed by atoms with Crippen LogP contribution in [0.2, 0.25) is 0 Å². The lowest BCUT2D eigenvalue weighted by Gasteiger charge is -2.40. The quantitative estimate of drug-likeness (QED) is 0.772. The minimum atomic E-state index is 0.526. The summed E-state index contributed by atoms with van der Waals surface area (Å²) < 4.78 is 0. The van der Waals surface area contributed by atoms with Crippen LogP contribution in [-0.4, -0.2) is 37.6 Å². The van der Waals surface area contributed by atoms with Crippen LogP contribution >= 0.6 is 0 Å². The normalized spacial score (nSPS) is 31.7. The number of hydrogen-bond donors (Lipinski definition) is 1. The molecule has 2 heteroatoms. The van der Waals surface area contributed by atoms with E-state index in [-0.39, 0.29) is 0 Å². The van der Waals surface area contributed by atoms with Gasteiger partial charge in [-0.3, -0.25) is 0 Å². The second-order valence-corrected chi connectivity index (χ2v) is 6.22. The highest BCUT2D eigenvalue weighted by Gasteiger charge is 2.30. The lowest BCUT2D eigenvalue weighted by atomic mass is 9.81. The molecule has 2 rings (SSSR count). The van der Waals surface area contributed by atoms with E-state index in [0.29, 0.717) is 5.41 Å². The fourth-order valence-electron chi connectivity index (χ4n) is 3.14. The van der Waals surface area contributed by atoms with Crippen molar-refractivity contribution in [1.82, 2.24) is 10.2 Å². The first kappa shape index (κ1) is 12.4. The van der Waals surface area contributed by atoms with Crippen LogP contribution in [0.25, 0.3) is 0 Å². The number of hydrogen-bond acceptors (Lipinski definition) is 2. The molecule has 1 atom stereocenters. The number of rotatable bonds is 5. The molecule has 0 aromatic carbocycles. The van der Waals surface area contributed by atoms with Crippen LogP contribution in [0.5, 0.6) is 0 Å². The zero-order valence-electron chi connectivity index (χ0n) is 11.1. The first-order valence-electron chi connectivity index (χ1n) is 7.15. The molecule has 1 saturated heterocycles. The summed E-state index contributed by atoms with van der Waals surface area (Å²) in [5.74, 6) is 1.01. The smallest absolute Gasteiger partial charge is 0.00475 e. The Morgan fingerprint density at radius 3 is 2.62 bits per heavy atom. The van der Waals surface area contributed by atoms with E-state index in [2.05, 4.69) is 24.1 Å². The standard InChI is InChI=1S/C14H28N2/c1-3-16(10-13-6-4-7-13)12-14(2)8-5-9-15-11-14/h13,15H,3-12H2,1-2H3. The third kappa shape index (κ3) is 3.21. The molecule has 1 aliphatic heterocycles. The summed E-state index contributed by atoms with van der Waals surface area (Å²) in [5, 5.41) is 3.56. The lowest BCUT2D eigenvalue weighted by Crippen LogP contribution is -2.47. The van der Waals surface area contributed by atoms with Crippen molar-refractivity contribution in [3.63, 3.8) is 0 Å². The van der Waals surface area contributed by atoms with Gasteiger partial charge < -0.3 is 10.2 Å². The molecule has 1 saturated carbocycles. The van der Waals surface area contributed by atoms with E-state index >= 15 is 0 Å². The van der Waals surface area contributed by atoms with Crippen molar-refractivity contribution in [3.05, 3.63) is 0 Å². The third-order valence-corrected chi connectivity index (χ3v) is 4.48. The van der Waals surface area contributed by atoms with E-state index in [9.17, 15) is 0 Å². The number of nitrogens with one attached hydrogen (secondary N) is 1. The lowest BCUT2D eigenvalue weighted by molar-refractivity contribution is 0.106. The molecular formula is C14H28N2. The van der Waals surface area contributed by atoms with Crippen LogP contribution in [-0.2, 0) is 0 Å². The maximum atomic E-state index is 3.56. The Kier molecular flexibility index (Phi) is 4.26. The summed E-state index contributed by atoms with van der Waals surface area (Å²) in [4.78, 5) is 2.69. The Labute approximate surface area is 101 Å². The van der Waals surface area contributed by atoms with Crippen molar-refractivity contribution in [2.75, 3.05) is 32.7 Å². The Morgan fingerprint density at radius 2 is 2.12 bits per heavy atom. The zero-order valence-corrected chi connectivity index (χ0v) is 11.1. The van der Waals surface area contributed by atoms with Crippen molar-refractivity contribution in [2.24, 2.45) is 11.3 Å². The highest BCUT2D eigenvalue weighted by molar-refractivity contribution is 4.85. The van der Waals surface area contributed by atoms with E-state index in [0.717, 1.165) is 5.92 Å². The van der Waals surface area contributed by atoms with Gasteiger partial charge in [-0.25, -0.2) is 0 Å². The minimum Gasteiger partial charge on any atom is -0.316 e. The molecule has 0 spiro atoms. The predicted molar refractivity (Wildman–Crippen MR) is 69.7 cm³/mol. The predicted octanol–water partition coefficient (Wildman–Crippen LogP) is 2.50. The molecule has 0 radical (unpaired) electrons. The van der Waals surface area contributed by atoms with Gasteiger partial charge in [0.05, 0.1) is 0 Å². The molecule has 0 bridgehead atoms. The second-order valence-electron chi connectivity index (χ2n) is 6.22. The first-order chi connectivity index (χ1) is 7.72. The van der Waals surface area contributed by atoms with Gasteiger partial charge in [0.1, 0.15) is 0 Å². The summed E-state index contributed by atoms with van der Waals surface area (Å²) in [5.41, 5.74) is 0.526. The molecule has 0 amide bonds. The fourth-order valence-corrected chi connectivity index (χ4v) is 3.14. The van der Waals surface area contributed by atoms with E-state index < -0.39 is 0 Å². The summed E-state index contributed by atoms with van der Waals surface area (Å²) in [6.45, 7) is 11.1. The van der Waals surface area contributed by atoms with E-state index in [1.54, 1.807) is 0 Å². The largest absolute Gasteiger partial charge is 0.316 e. The van der Waals surface area contributed by atoms with E-state index in [4.69, 9.17) is 0 Å². The van der Waals surface area contributed by atoms with Crippen LogP contribution in [0.4, 0.5) is 0 Å². The summed E-state index contributed by atoms with van der Waals surface area (Å²) in [7, 11) is 0. The Bertz CT molecular complexity index is 205. The van der Waals surface area contributed by atoms with Crippen molar-refractivity contribution in [3.8, 4) is 0 Å². The molecule has 0 aromatic heterocycles. The molecule has 1 N–H and O–H groups in total. The minimum absolute atomic E-state index is 0.526. The fraction of sp³-hybridized carbons (Fsp3) is 1.00. The van der Waals surface area contributed by atoms with Gasteiger partial charge in [-0.05, 0) is 50.1 Å². The molecule has 1 heterocycles. The van der Waals surface area contributed by atoms with Crippen molar-refractivity contribution in [2.45, 2.75) is 46.0 Å². The highest BCUT2D eigenvalue weighted by Crippen LogP contribution is 2.30. The van der Waals surface area contributed by atoms with Gasteiger partial charge in [0.25, 0.3) is 0 Å². The number of piperidine rings is 1. The molecule has 2 fully saturated rings. The monoisotopic (exact) mass is 224 g/mol. The van der Waals surface area contributed by atoms with Gasteiger partial charge in [-0.2, -0.15) is 0 Å². The maximum Gasteiger partial charge on any atom is 0.00475 e. The van der Waals surface area contributed by atoms with Gasteiger partial charge in [0, 0.05) is 19.6 Å². The van der Waals surface area contributed by atoms with Gasteiger partial charge in [0.2, 0.25) is 0 Å². The molecule has 2 aliphatic rings. The van der Waals surface area contributed by atoms with Crippen LogP contribution in [0, 0.1) is 11.3 Å². The van der Waals surface area contributed by atoms with E-state index in [1.807, 2.05) is 0 Å². The van der Waals surface area contributed by atoms with Gasteiger partial charge in [-0.15, -0.1) is 0 Å². The molecular weight excluding hydrogens is 196 g/mol. The Balaban J connectivity index is 1.79. The summed E-state index contributed by atoms with van der Waals surface area (Å²) in [6.07, 6.45) is 7.19. The highest BCUT2D eigenvalue weighted by atomic mass is 15.1. The van der Waals surface area contributed by atoms with Crippen molar-refractivity contribution < 1.29 is 0 Å². The molecule has 1 aliphatic carbocycles. The van der Waals surface area contributed by atoms with Crippen LogP contribution < -0.4 is 5.32 Å². The van der Waals surface area contributed by atoms with Gasteiger partial charge >= 0.3 is 0 Å². The Hall–Kier alpha value is -0.0800. The molecule has 94 valence electrons. The SMILES string of the molecule is CCN(CC1CCC1)CC1(C)CCCNC1. The van der Waals surface area contributed by atoms with Crippen LogP contribution in [0.1, 0.15) is 46.0 Å². The number of nitrogens with zero attached hydrogens (tertiary/aromatic N) is 1. The maximum absolute atomic E-state index is 3.56. The molecule has 16 heavy (non-hydrogen) atoms. The molecule has 0 aromatic rings. The Morgan fingerprint density at radius 1 is 1.31 bits per heavy atom. The average molecular weight is 224 g/mol. The van der Waals surface area contributed by atoms with Crippen molar-refractivity contribution in [1.29, 1.82) is 0 Å². The summed E-state index contributed by atoms with van der Waals surface area (Å²) in [6, 6.07) is 0. The van der Waals surface area contributed by atoms with Crippen molar-refractivity contribution >= 4 is 0 Å². The van der Waals surface area contributed by atoms with Gasteiger partial charge in [0.15, 0.2) is 0 Å². The third-order valence-electron chi connectivity index (χ3n) is 4.48. The van der Waals surface area contributed by atoms with E-state index in [1.165, 1.54) is 64.8 Å².